The average molecular weight is 537 g/mol. The minimum Gasteiger partial charge on any atom is -0.481 e. The van der Waals surface area contributed by atoms with Crippen LogP contribution in [0.1, 0.15) is 37.8 Å². The predicted molar refractivity (Wildman–Crippen MR) is 137 cm³/mol. The highest BCUT2D eigenvalue weighted by atomic mass is 35.5. The number of carboxylic acids is 1. The maximum Gasteiger partial charge on any atom is 0.307 e. The van der Waals surface area contributed by atoms with Gasteiger partial charge >= 0.3 is 5.97 Å². The van der Waals surface area contributed by atoms with Crippen LogP contribution in [0.3, 0.4) is 0 Å². The first-order valence-corrected chi connectivity index (χ1v) is 13.9. The molecule has 3 aromatic rings. The Balaban J connectivity index is 2.00. The van der Waals surface area contributed by atoms with Gasteiger partial charge in [0.25, 0.3) is 0 Å². The molecule has 0 aliphatic heterocycles. The normalized spacial score (nSPS) is 12.3. The summed E-state index contributed by atoms with van der Waals surface area (Å²) in [5.41, 5.74) is 0.826. The van der Waals surface area contributed by atoms with E-state index in [2.05, 4.69) is 0 Å². The third kappa shape index (κ3) is 6.57. The van der Waals surface area contributed by atoms with E-state index in [0.29, 0.717) is 34.6 Å². The van der Waals surface area contributed by atoms with Crippen molar-refractivity contribution in [2.75, 3.05) is 0 Å². The zero-order chi connectivity index (χ0) is 25.6. The number of thioether (sulfide) groups is 1. The van der Waals surface area contributed by atoms with Gasteiger partial charge in [-0.05, 0) is 54.8 Å². The second kappa shape index (κ2) is 11.9. The Hall–Kier alpha value is -2.55. The zero-order valence-electron chi connectivity index (χ0n) is 19.3. The van der Waals surface area contributed by atoms with E-state index >= 15 is 0 Å². The standard InChI is InChI=1S/C26H26ClFO5S2/c1-3-8-19-23(14-12-21(28)26(19)33-18-9-6-5-7-10-18)35(31,32)25(4-2)34-22-13-11-17(15-20(22)27)16-24(29)30/h5-7,9-15,25H,3-4,8,16H2,1-2H3,(H,29,30). The summed E-state index contributed by atoms with van der Waals surface area (Å²) in [7, 11) is -3.92. The molecule has 0 amide bonds. The summed E-state index contributed by atoms with van der Waals surface area (Å²) < 4.78 is 47.3. The van der Waals surface area contributed by atoms with Crippen molar-refractivity contribution in [3.63, 3.8) is 0 Å². The molecule has 0 saturated carbocycles. The van der Waals surface area contributed by atoms with Gasteiger partial charge in [0, 0.05) is 10.5 Å². The highest BCUT2D eigenvalue weighted by Gasteiger charge is 2.32. The van der Waals surface area contributed by atoms with Crippen molar-refractivity contribution >= 4 is 39.2 Å². The highest BCUT2D eigenvalue weighted by Crippen LogP contribution is 2.41. The van der Waals surface area contributed by atoms with Crippen LogP contribution < -0.4 is 4.74 Å². The Bertz CT molecular complexity index is 1300. The fraction of sp³-hybridized carbons (Fsp3) is 0.269. The molecule has 1 atom stereocenters. The van der Waals surface area contributed by atoms with Crippen LogP contribution in [-0.4, -0.2) is 24.1 Å². The first-order valence-electron chi connectivity index (χ1n) is 11.1. The minimum atomic E-state index is -3.92. The van der Waals surface area contributed by atoms with Gasteiger partial charge in [0.15, 0.2) is 21.4 Å². The number of para-hydroxylation sites is 1. The third-order valence-electron chi connectivity index (χ3n) is 5.23. The smallest absolute Gasteiger partial charge is 0.307 e. The fourth-order valence-electron chi connectivity index (χ4n) is 3.63. The maximum absolute atomic E-state index is 14.9. The van der Waals surface area contributed by atoms with Gasteiger partial charge in [0.1, 0.15) is 10.3 Å². The molecule has 5 nitrogen and oxygen atoms in total. The first kappa shape index (κ1) is 27.0. The second-order valence-corrected chi connectivity index (χ2v) is 11.9. The number of benzene rings is 3. The van der Waals surface area contributed by atoms with Crippen molar-refractivity contribution in [3.8, 4) is 11.5 Å². The van der Waals surface area contributed by atoms with Crippen molar-refractivity contribution in [2.45, 2.75) is 53.9 Å². The van der Waals surface area contributed by atoms with Crippen molar-refractivity contribution < 1.29 is 27.4 Å². The molecule has 0 aromatic heterocycles. The van der Waals surface area contributed by atoms with Gasteiger partial charge in [-0.15, -0.1) is 11.8 Å². The molecule has 0 aliphatic rings. The molecule has 0 saturated heterocycles. The molecule has 0 bridgehead atoms. The largest absolute Gasteiger partial charge is 0.481 e. The number of hydrogen-bond acceptors (Lipinski definition) is 5. The third-order valence-corrected chi connectivity index (χ3v) is 9.93. The van der Waals surface area contributed by atoms with Gasteiger partial charge in [0.2, 0.25) is 0 Å². The number of carboxylic acid groups (broad SMARTS) is 1. The molecule has 0 radical (unpaired) electrons. The number of rotatable bonds is 11. The SMILES string of the molecule is CCCc1c(S(=O)(=O)C(CC)Sc2ccc(CC(=O)O)cc2Cl)ccc(F)c1Oc1ccccc1. The molecule has 0 heterocycles. The summed E-state index contributed by atoms with van der Waals surface area (Å²) in [5, 5.41) is 9.26. The number of carbonyl (C=O) groups is 1. The topological polar surface area (TPSA) is 80.7 Å². The van der Waals surface area contributed by atoms with Crippen molar-refractivity contribution in [3.05, 3.63) is 82.6 Å². The Morgan fingerprint density at radius 2 is 1.83 bits per heavy atom. The van der Waals surface area contributed by atoms with Crippen LogP contribution in [-0.2, 0) is 27.5 Å². The summed E-state index contributed by atoms with van der Waals surface area (Å²) in [6.45, 7) is 3.64. The minimum absolute atomic E-state index is 0.0321. The molecule has 0 aliphatic carbocycles. The summed E-state index contributed by atoms with van der Waals surface area (Å²) >= 11 is 7.43. The molecule has 35 heavy (non-hydrogen) atoms. The van der Waals surface area contributed by atoms with Gasteiger partial charge in [-0.25, -0.2) is 12.8 Å². The predicted octanol–water partition coefficient (Wildman–Crippen LogP) is 7.15. The van der Waals surface area contributed by atoms with Crippen LogP contribution in [0.2, 0.25) is 5.02 Å². The van der Waals surface area contributed by atoms with Crippen molar-refractivity contribution in [1.82, 2.24) is 0 Å². The quantitative estimate of drug-likeness (QED) is 0.207. The molecular formula is C26H26ClFO5S2. The van der Waals surface area contributed by atoms with Crippen LogP contribution in [0.25, 0.3) is 0 Å². The monoisotopic (exact) mass is 536 g/mol. The molecule has 1 unspecified atom stereocenters. The van der Waals surface area contributed by atoms with Gasteiger partial charge < -0.3 is 9.84 Å². The maximum atomic E-state index is 14.9. The molecule has 0 fully saturated rings. The lowest BCUT2D eigenvalue weighted by Gasteiger charge is -2.21. The van der Waals surface area contributed by atoms with E-state index in [0.717, 1.165) is 17.8 Å². The Morgan fingerprint density at radius 3 is 2.43 bits per heavy atom. The van der Waals surface area contributed by atoms with Crippen molar-refractivity contribution in [2.24, 2.45) is 0 Å². The average Bonchev–Trinajstić information content (AvgIpc) is 2.81. The first-order chi connectivity index (χ1) is 16.7. The lowest BCUT2D eigenvalue weighted by Crippen LogP contribution is -2.19. The fourth-order valence-corrected chi connectivity index (χ4v) is 7.38. The second-order valence-electron chi connectivity index (χ2n) is 7.85. The Morgan fingerprint density at radius 1 is 1.11 bits per heavy atom. The Kier molecular flexibility index (Phi) is 9.21. The summed E-state index contributed by atoms with van der Waals surface area (Å²) in [4.78, 5) is 11.5. The number of hydrogen-bond donors (Lipinski definition) is 1. The van der Waals surface area contributed by atoms with Crippen molar-refractivity contribution in [1.29, 1.82) is 0 Å². The van der Waals surface area contributed by atoms with Gasteiger partial charge in [-0.3, -0.25) is 4.79 Å². The number of sulfone groups is 1. The lowest BCUT2D eigenvalue weighted by atomic mass is 10.1. The van der Waals surface area contributed by atoms with E-state index in [1.807, 2.05) is 6.92 Å². The number of aliphatic carboxylic acids is 1. The van der Waals surface area contributed by atoms with Crippen LogP contribution in [0.15, 0.2) is 70.5 Å². The van der Waals surface area contributed by atoms with Crippen LogP contribution >= 0.6 is 23.4 Å². The number of ether oxygens (including phenoxy) is 1. The molecule has 3 aromatic carbocycles. The highest BCUT2D eigenvalue weighted by molar-refractivity contribution is 8.13. The van der Waals surface area contributed by atoms with E-state index in [1.54, 1.807) is 49.4 Å². The zero-order valence-corrected chi connectivity index (χ0v) is 21.7. The Labute approximate surface area is 214 Å². The van der Waals surface area contributed by atoms with E-state index in [9.17, 15) is 17.6 Å². The van der Waals surface area contributed by atoms with E-state index in [1.165, 1.54) is 12.1 Å². The molecule has 3 rings (SSSR count). The van der Waals surface area contributed by atoms with Crippen LogP contribution in [0.5, 0.6) is 11.5 Å². The van der Waals surface area contributed by atoms with E-state index in [4.69, 9.17) is 21.4 Å². The summed E-state index contributed by atoms with van der Waals surface area (Å²) in [6, 6.07) is 15.9. The molecular weight excluding hydrogens is 511 g/mol. The molecule has 186 valence electrons. The number of halogens is 2. The summed E-state index contributed by atoms with van der Waals surface area (Å²) in [5.74, 6) is -1.29. The van der Waals surface area contributed by atoms with Gasteiger partial charge in [-0.2, -0.15) is 0 Å². The van der Waals surface area contributed by atoms with Gasteiger partial charge in [0.05, 0.1) is 16.3 Å². The lowest BCUT2D eigenvalue weighted by molar-refractivity contribution is -0.136. The van der Waals surface area contributed by atoms with Gasteiger partial charge in [-0.1, -0.05) is 56.1 Å². The molecule has 9 heteroatoms. The molecule has 1 N–H and O–H groups in total. The van der Waals surface area contributed by atoms with E-state index in [-0.39, 0.29) is 28.5 Å². The van der Waals surface area contributed by atoms with Crippen LogP contribution in [0, 0.1) is 5.82 Å². The molecule has 0 spiro atoms. The van der Waals surface area contributed by atoms with E-state index < -0.39 is 26.2 Å². The van der Waals surface area contributed by atoms with Crippen LogP contribution in [0.4, 0.5) is 4.39 Å². The summed E-state index contributed by atoms with van der Waals surface area (Å²) in [6.07, 6.45) is 1.01.